The van der Waals surface area contributed by atoms with E-state index < -0.39 is 4.92 Å². The van der Waals surface area contributed by atoms with Crippen LogP contribution in [-0.2, 0) is 0 Å². The van der Waals surface area contributed by atoms with Crippen molar-refractivity contribution in [2.75, 3.05) is 18.1 Å². The molecule has 0 amide bonds. The maximum absolute atomic E-state index is 10.3. The highest BCUT2D eigenvalue weighted by Crippen LogP contribution is 2.23. The Morgan fingerprint density at radius 1 is 1.58 bits per heavy atom. The van der Waals surface area contributed by atoms with Gasteiger partial charge in [0, 0.05) is 18.8 Å². The molecule has 0 fully saturated rings. The number of nitrogen functional groups attached to an aromatic ring is 1. The maximum atomic E-state index is 10.3. The first kappa shape index (κ1) is 8.32. The van der Waals surface area contributed by atoms with Gasteiger partial charge in [-0.15, -0.1) is 0 Å². The number of hydrogen-bond donors (Lipinski definition) is 2. The maximum Gasteiger partial charge on any atom is 0.292 e. The lowest BCUT2D eigenvalue weighted by Gasteiger charge is -2.00. The Kier molecular flexibility index (Phi) is 2.14. The second-order valence-corrected chi connectivity index (χ2v) is 2.28. The SMILES string of the molecule is CNc1ccc([N+](=O)[O-])c(N)c1. The summed E-state index contributed by atoms with van der Waals surface area (Å²) in [6.45, 7) is 0. The number of rotatable bonds is 2. The summed E-state index contributed by atoms with van der Waals surface area (Å²) in [4.78, 5) is 9.82. The quantitative estimate of drug-likeness (QED) is 0.394. The lowest BCUT2D eigenvalue weighted by Crippen LogP contribution is -1.97. The van der Waals surface area contributed by atoms with Crippen molar-refractivity contribution >= 4 is 17.1 Å². The van der Waals surface area contributed by atoms with Crippen molar-refractivity contribution in [3.8, 4) is 0 Å². The van der Waals surface area contributed by atoms with Gasteiger partial charge in [-0.3, -0.25) is 10.1 Å². The Labute approximate surface area is 69.3 Å². The van der Waals surface area contributed by atoms with Crippen molar-refractivity contribution in [3.63, 3.8) is 0 Å². The van der Waals surface area contributed by atoms with E-state index in [0.717, 1.165) is 5.69 Å². The Morgan fingerprint density at radius 2 is 2.25 bits per heavy atom. The van der Waals surface area contributed by atoms with Gasteiger partial charge in [0.25, 0.3) is 5.69 Å². The van der Waals surface area contributed by atoms with E-state index in [0.29, 0.717) is 0 Å². The van der Waals surface area contributed by atoms with Crippen LogP contribution in [0, 0.1) is 10.1 Å². The van der Waals surface area contributed by atoms with E-state index in [2.05, 4.69) is 5.32 Å². The highest BCUT2D eigenvalue weighted by atomic mass is 16.6. The van der Waals surface area contributed by atoms with E-state index in [1.807, 2.05) is 0 Å². The molecular formula is C7H9N3O2. The van der Waals surface area contributed by atoms with Crippen molar-refractivity contribution in [1.82, 2.24) is 0 Å². The molecule has 3 N–H and O–H groups in total. The largest absolute Gasteiger partial charge is 0.393 e. The normalized spacial score (nSPS) is 9.42. The number of nitro groups is 1. The highest BCUT2D eigenvalue weighted by molar-refractivity contribution is 5.65. The minimum atomic E-state index is -0.505. The van der Waals surface area contributed by atoms with Crippen LogP contribution in [0.3, 0.4) is 0 Å². The van der Waals surface area contributed by atoms with E-state index in [1.165, 1.54) is 12.1 Å². The van der Waals surface area contributed by atoms with Crippen LogP contribution in [0.2, 0.25) is 0 Å². The summed E-state index contributed by atoms with van der Waals surface area (Å²) in [7, 11) is 1.72. The van der Waals surface area contributed by atoms with Gasteiger partial charge < -0.3 is 11.1 Å². The molecule has 0 saturated carbocycles. The molecule has 0 bridgehead atoms. The zero-order valence-electron chi connectivity index (χ0n) is 6.57. The molecule has 5 heteroatoms. The smallest absolute Gasteiger partial charge is 0.292 e. The van der Waals surface area contributed by atoms with Crippen molar-refractivity contribution in [1.29, 1.82) is 0 Å². The third-order valence-corrected chi connectivity index (χ3v) is 1.51. The lowest BCUT2D eigenvalue weighted by atomic mass is 10.2. The van der Waals surface area contributed by atoms with Gasteiger partial charge in [0.1, 0.15) is 5.69 Å². The first-order valence-corrected chi connectivity index (χ1v) is 3.37. The molecule has 12 heavy (non-hydrogen) atoms. The van der Waals surface area contributed by atoms with Crippen LogP contribution in [0.25, 0.3) is 0 Å². The second-order valence-electron chi connectivity index (χ2n) is 2.28. The number of anilines is 2. The number of nitro benzene ring substituents is 1. The van der Waals surface area contributed by atoms with Gasteiger partial charge in [-0.1, -0.05) is 0 Å². The Hall–Kier alpha value is -1.78. The molecule has 0 atom stereocenters. The first-order chi connectivity index (χ1) is 5.65. The standard InChI is InChI=1S/C7H9N3O2/c1-9-5-2-3-7(10(11)12)6(8)4-5/h2-4,9H,8H2,1H3. The van der Waals surface area contributed by atoms with E-state index >= 15 is 0 Å². The zero-order valence-corrected chi connectivity index (χ0v) is 6.57. The molecule has 0 aliphatic rings. The number of nitrogens with two attached hydrogens (primary N) is 1. The lowest BCUT2D eigenvalue weighted by molar-refractivity contribution is -0.383. The number of nitrogens with one attached hydrogen (secondary N) is 1. The molecule has 0 spiro atoms. The van der Waals surface area contributed by atoms with Crippen molar-refractivity contribution in [2.45, 2.75) is 0 Å². The van der Waals surface area contributed by atoms with Crippen molar-refractivity contribution < 1.29 is 4.92 Å². The van der Waals surface area contributed by atoms with Gasteiger partial charge in [0.15, 0.2) is 0 Å². The van der Waals surface area contributed by atoms with Crippen LogP contribution in [0.1, 0.15) is 0 Å². The van der Waals surface area contributed by atoms with Crippen molar-refractivity contribution in [3.05, 3.63) is 28.3 Å². The molecule has 0 saturated heterocycles. The second kappa shape index (κ2) is 3.08. The molecule has 0 aliphatic carbocycles. The fourth-order valence-corrected chi connectivity index (χ4v) is 0.876. The fraction of sp³-hybridized carbons (Fsp3) is 0.143. The summed E-state index contributed by atoms with van der Waals surface area (Å²) in [5.41, 5.74) is 6.29. The van der Waals surface area contributed by atoms with E-state index in [9.17, 15) is 10.1 Å². The molecule has 0 aliphatic heterocycles. The van der Waals surface area contributed by atoms with E-state index in [-0.39, 0.29) is 11.4 Å². The molecule has 1 aromatic rings. The first-order valence-electron chi connectivity index (χ1n) is 3.37. The molecule has 1 rings (SSSR count). The molecule has 0 radical (unpaired) electrons. The van der Waals surface area contributed by atoms with Crippen LogP contribution < -0.4 is 11.1 Å². The third-order valence-electron chi connectivity index (χ3n) is 1.51. The average Bonchev–Trinajstić information content (AvgIpc) is 2.03. The van der Waals surface area contributed by atoms with Crippen molar-refractivity contribution in [2.24, 2.45) is 0 Å². The van der Waals surface area contributed by atoms with Gasteiger partial charge in [-0.25, -0.2) is 0 Å². The van der Waals surface area contributed by atoms with Crippen LogP contribution in [-0.4, -0.2) is 12.0 Å². The minimum Gasteiger partial charge on any atom is -0.393 e. The monoisotopic (exact) mass is 167 g/mol. The van der Waals surface area contributed by atoms with Gasteiger partial charge in [-0.2, -0.15) is 0 Å². The van der Waals surface area contributed by atoms with Crippen LogP contribution >= 0.6 is 0 Å². The number of benzene rings is 1. The molecular weight excluding hydrogens is 158 g/mol. The number of nitrogens with zero attached hydrogens (tertiary/aromatic N) is 1. The highest BCUT2D eigenvalue weighted by Gasteiger charge is 2.09. The fourth-order valence-electron chi connectivity index (χ4n) is 0.876. The average molecular weight is 167 g/mol. The molecule has 0 aromatic heterocycles. The van der Waals surface area contributed by atoms with Gasteiger partial charge in [0.2, 0.25) is 0 Å². The minimum absolute atomic E-state index is 0.0611. The summed E-state index contributed by atoms with van der Waals surface area (Å²) in [6, 6.07) is 4.51. The molecule has 0 heterocycles. The van der Waals surface area contributed by atoms with Gasteiger partial charge in [-0.05, 0) is 12.1 Å². The third kappa shape index (κ3) is 1.45. The van der Waals surface area contributed by atoms with Gasteiger partial charge >= 0.3 is 0 Å². The van der Waals surface area contributed by atoms with Crippen LogP contribution in [0.5, 0.6) is 0 Å². The Balaban J connectivity index is 3.12. The molecule has 64 valence electrons. The van der Waals surface area contributed by atoms with Crippen LogP contribution in [0.15, 0.2) is 18.2 Å². The van der Waals surface area contributed by atoms with E-state index in [1.54, 1.807) is 13.1 Å². The van der Waals surface area contributed by atoms with E-state index in [4.69, 9.17) is 5.73 Å². The summed E-state index contributed by atoms with van der Waals surface area (Å²) in [5.74, 6) is 0. The molecule has 5 nitrogen and oxygen atoms in total. The number of hydrogen-bond acceptors (Lipinski definition) is 4. The van der Waals surface area contributed by atoms with Crippen LogP contribution in [0.4, 0.5) is 17.1 Å². The summed E-state index contributed by atoms with van der Waals surface area (Å²) in [5, 5.41) is 13.2. The van der Waals surface area contributed by atoms with Gasteiger partial charge in [0.05, 0.1) is 4.92 Å². The zero-order chi connectivity index (χ0) is 9.14. The summed E-state index contributed by atoms with van der Waals surface area (Å²) >= 11 is 0. The summed E-state index contributed by atoms with van der Waals surface area (Å²) < 4.78 is 0. The Morgan fingerprint density at radius 3 is 2.67 bits per heavy atom. The predicted molar refractivity (Wildman–Crippen MR) is 47.1 cm³/mol. The Bertz CT molecular complexity index is 312. The molecule has 1 aromatic carbocycles. The summed E-state index contributed by atoms with van der Waals surface area (Å²) in [6.07, 6.45) is 0. The topological polar surface area (TPSA) is 81.2 Å². The molecule has 0 unspecified atom stereocenters. The predicted octanol–water partition coefficient (Wildman–Crippen LogP) is 1.22.